The minimum Gasteiger partial charge on any atom is -0.488 e. The van der Waals surface area contributed by atoms with E-state index in [1.165, 1.54) is 12.0 Å². The maximum atomic E-state index is 12.7. The van der Waals surface area contributed by atoms with E-state index < -0.39 is 5.97 Å². The highest BCUT2D eigenvalue weighted by Crippen LogP contribution is 2.26. The molecule has 2 rings (SSSR count). The predicted octanol–water partition coefficient (Wildman–Crippen LogP) is 2.45. The van der Waals surface area contributed by atoms with E-state index in [1.54, 1.807) is 24.5 Å². The molecule has 7 heteroatoms. The zero-order valence-corrected chi connectivity index (χ0v) is 15.8. The number of carbonyl (C=O) groups is 2. The number of pyridine rings is 1. The molecule has 1 heterocycles. The van der Waals surface area contributed by atoms with Crippen LogP contribution in [0.5, 0.6) is 5.75 Å². The Labute approximate surface area is 158 Å². The molecular weight excluding hydrogens is 348 g/mol. The number of rotatable bonds is 9. The summed E-state index contributed by atoms with van der Waals surface area (Å²) < 4.78 is 10.9. The molecule has 27 heavy (non-hydrogen) atoms. The van der Waals surface area contributed by atoms with E-state index in [0.29, 0.717) is 17.9 Å². The number of ether oxygens (including phenoxy) is 2. The molecule has 1 aromatic carbocycles. The van der Waals surface area contributed by atoms with Gasteiger partial charge in [-0.3, -0.25) is 14.6 Å². The summed E-state index contributed by atoms with van der Waals surface area (Å²) in [5.41, 5.74) is 2.99. The van der Waals surface area contributed by atoms with E-state index in [1.807, 2.05) is 26.0 Å². The van der Waals surface area contributed by atoms with Crippen LogP contribution in [0.3, 0.4) is 0 Å². The van der Waals surface area contributed by atoms with Crippen LogP contribution >= 0.6 is 0 Å². The quantitative estimate of drug-likeness (QED) is 0.727. The first-order valence-corrected chi connectivity index (χ1v) is 8.55. The minimum absolute atomic E-state index is 0.207. The molecule has 0 saturated heterocycles. The number of carboxylic acids is 1. The molecular formula is C20H24N2O5. The molecule has 1 aromatic heterocycles. The molecule has 2 aromatic rings. The zero-order valence-electron chi connectivity index (χ0n) is 15.8. The first-order chi connectivity index (χ1) is 12.9. The van der Waals surface area contributed by atoms with Gasteiger partial charge in [0, 0.05) is 37.2 Å². The number of aliphatic carboxylic acids is 1. The maximum absolute atomic E-state index is 12.7. The number of nitrogens with zero attached hydrogens (tertiary/aromatic N) is 2. The summed E-state index contributed by atoms with van der Waals surface area (Å²) in [4.78, 5) is 29.1. The van der Waals surface area contributed by atoms with Crippen molar-refractivity contribution in [1.29, 1.82) is 0 Å². The van der Waals surface area contributed by atoms with Crippen LogP contribution in [0.15, 0.2) is 36.7 Å². The monoisotopic (exact) mass is 372 g/mol. The smallest absolute Gasteiger partial charge is 0.323 e. The summed E-state index contributed by atoms with van der Waals surface area (Å²) >= 11 is 0. The van der Waals surface area contributed by atoms with Crippen LogP contribution in [0, 0.1) is 13.8 Å². The predicted molar refractivity (Wildman–Crippen MR) is 99.9 cm³/mol. The van der Waals surface area contributed by atoms with E-state index in [0.717, 1.165) is 16.7 Å². The number of methoxy groups -OCH3 is 1. The Kier molecular flexibility index (Phi) is 7.31. The molecule has 0 aliphatic rings. The minimum atomic E-state index is -1.07. The van der Waals surface area contributed by atoms with Crippen molar-refractivity contribution in [3.63, 3.8) is 0 Å². The summed E-state index contributed by atoms with van der Waals surface area (Å²) in [6, 6.07) is 7.21. The van der Waals surface area contributed by atoms with E-state index in [4.69, 9.17) is 14.6 Å². The number of aryl methyl sites for hydroxylation is 2. The normalized spacial score (nSPS) is 10.5. The highest BCUT2D eigenvalue weighted by molar-refractivity contribution is 5.96. The number of aromatic nitrogens is 1. The number of carbonyl (C=O) groups excluding carboxylic acids is 1. The summed E-state index contributed by atoms with van der Waals surface area (Å²) in [7, 11) is 1.51. The van der Waals surface area contributed by atoms with Crippen LogP contribution in [-0.2, 0) is 16.1 Å². The van der Waals surface area contributed by atoms with Gasteiger partial charge in [0.2, 0.25) is 0 Å². The standard InChI is InChI=1S/C20H24N2O5/c1-14-9-17(20(25)22(7-8-26-3)12-18(23)24)10-15(2)19(14)27-13-16-5-4-6-21-11-16/h4-6,9-11H,7-8,12-13H2,1-3H3,(H,23,24). The molecule has 0 aliphatic carbocycles. The van der Waals surface area contributed by atoms with E-state index in [9.17, 15) is 9.59 Å². The maximum Gasteiger partial charge on any atom is 0.323 e. The highest BCUT2D eigenvalue weighted by atomic mass is 16.5. The summed E-state index contributed by atoms with van der Waals surface area (Å²) in [5, 5.41) is 9.05. The largest absolute Gasteiger partial charge is 0.488 e. The van der Waals surface area contributed by atoms with Gasteiger partial charge in [-0.2, -0.15) is 0 Å². The zero-order chi connectivity index (χ0) is 19.8. The van der Waals surface area contributed by atoms with Crippen molar-refractivity contribution in [1.82, 2.24) is 9.88 Å². The van der Waals surface area contributed by atoms with E-state index >= 15 is 0 Å². The SMILES string of the molecule is COCCN(CC(=O)O)C(=O)c1cc(C)c(OCc2cccnc2)c(C)c1. The average Bonchev–Trinajstić information content (AvgIpc) is 2.64. The third kappa shape index (κ3) is 5.79. The lowest BCUT2D eigenvalue weighted by molar-refractivity contribution is -0.137. The van der Waals surface area contributed by atoms with Gasteiger partial charge in [-0.1, -0.05) is 6.07 Å². The fourth-order valence-corrected chi connectivity index (χ4v) is 2.74. The molecule has 0 fully saturated rings. The Hall–Kier alpha value is -2.93. The Morgan fingerprint density at radius 3 is 2.48 bits per heavy atom. The first-order valence-electron chi connectivity index (χ1n) is 8.55. The van der Waals surface area contributed by atoms with E-state index in [2.05, 4.69) is 4.98 Å². The molecule has 1 N–H and O–H groups in total. The van der Waals surface area contributed by atoms with Crippen LogP contribution in [0.2, 0.25) is 0 Å². The molecule has 7 nitrogen and oxygen atoms in total. The summed E-state index contributed by atoms with van der Waals surface area (Å²) in [6.45, 7) is 4.20. The highest BCUT2D eigenvalue weighted by Gasteiger charge is 2.20. The Balaban J connectivity index is 2.18. The van der Waals surface area contributed by atoms with Crippen molar-refractivity contribution in [2.45, 2.75) is 20.5 Å². The Morgan fingerprint density at radius 2 is 1.93 bits per heavy atom. The lowest BCUT2D eigenvalue weighted by atomic mass is 10.0. The van der Waals surface area contributed by atoms with Gasteiger partial charge in [-0.05, 0) is 43.2 Å². The van der Waals surface area contributed by atoms with Crippen LogP contribution in [0.25, 0.3) is 0 Å². The Bertz CT molecular complexity index is 769. The Morgan fingerprint density at radius 1 is 1.22 bits per heavy atom. The first kappa shape index (κ1) is 20.4. The fourth-order valence-electron chi connectivity index (χ4n) is 2.74. The molecule has 144 valence electrons. The van der Waals surface area contributed by atoms with Crippen molar-refractivity contribution >= 4 is 11.9 Å². The van der Waals surface area contributed by atoms with Crippen molar-refractivity contribution in [2.75, 3.05) is 26.8 Å². The third-order valence-corrected chi connectivity index (χ3v) is 3.99. The summed E-state index contributed by atoms with van der Waals surface area (Å²) in [5.74, 6) is -0.708. The van der Waals surface area contributed by atoms with Crippen LogP contribution in [0.4, 0.5) is 0 Å². The van der Waals surface area contributed by atoms with Gasteiger partial charge in [-0.25, -0.2) is 0 Å². The van der Waals surface area contributed by atoms with Gasteiger partial charge in [0.15, 0.2) is 0 Å². The number of hydrogen-bond acceptors (Lipinski definition) is 5. The second-order valence-corrected chi connectivity index (χ2v) is 6.20. The average molecular weight is 372 g/mol. The van der Waals surface area contributed by atoms with Gasteiger partial charge in [0.05, 0.1) is 6.61 Å². The van der Waals surface area contributed by atoms with Gasteiger partial charge < -0.3 is 19.5 Å². The lowest BCUT2D eigenvalue weighted by Crippen LogP contribution is -2.38. The molecule has 0 bridgehead atoms. The summed E-state index contributed by atoms with van der Waals surface area (Å²) in [6.07, 6.45) is 3.44. The van der Waals surface area contributed by atoms with Gasteiger partial charge in [0.25, 0.3) is 5.91 Å². The molecule has 0 unspecified atom stereocenters. The van der Waals surface area contributed by atoms with Crippen LogP contribution < -0.4 is 4.74 Å². The van der Waals surface area contributed by atoms with Crippen molar-refractivity contribution in [2.24, 2.45) is 0 Å². The number of amides is 1. The van der Waals surface area contributed by atoms with E-state index in [-0.39, 0.29) is 25.6 Å². The lowest BCUT2D eigenvalue weighted by Gasteiger charge is -2.21. The van der Waals surface area contributed by atoms with Crippen LogP contribution in [0.1, 0.15) is 27.0 Å². The topological polar surface area (TPSA) is 89.0 Å². The van der Waals surface area contributed by atoms with Crippen LogP contribution in [-0.4, -0.2) is 53.7 Å². The number of benzene rings is 1. The van der Waals surface area contributed by atoms with Crippen molar-refractivity contribution < 1.29 is 24.2 Å². The number of carboxylic acid groups (broad SMARTS) is 1. The number of hydrogen-bond donors (Lipinski definition) is 1. The molecule has 0 atom stereocenters. The molecule has 1 amide bonds. The van der Waals surface area contributed by atoms with Gasteiger partial charge >= 0.3 is 5.97 Å². The second-order valence-electron chi connectivity index (χ2n) is 6.20. The molecule has 0 radical (unpaired) electrons. The van der Waals surface area contributed by atoms with Gasteiger partial charge in [0.1, 0.15) is 18.9 Å². The van der Waals surface area contributed by atoms with Crippen molar-refractivity contribution in [3.8, 4) is 5.75 Å². The molecule has 0 saturated carbocycles. The molecule has 0 spiro atoms. The van der Waals surface area contributed by atoms with Crippen molar-refractivity contribution in [3.05, 3.63) is 58.9 Å². The third-order valence-electron chi connectivity index (χ3n) is 3.99. The fraction of sp³-hybridized carbons (Fsp3) is 0.350. The second kappa shape index (κ2) is 9.68. The van der Waals surface area contributed by atoms with Gasteiger partial charge in [-0.15, -0.1) is 0 Å². The molecule has 0 aliphatic heterocycles.